The third-order valence-corrected chi connectivity index (χ3v) is 2.10. The summed E-state index contributed by atoms with van der Waals surface area (Å²) < 4.78 is 10.9. The molecule has 0 fully saturated rings. The van der Waals surface area contributed by atoms with Gasteiger partial charge in [-0.25, -0.2) is 0 Å². The Morgan fingerprint density at radius 3 is 2.33 bits per heavy atom. The molecule has 3 heteroatoms. The molecule has 0 spiro atoms. The van der Waals surface area contributed by atoms with Crippen molar-refractivity contribution < 1.29 is 9.47 Å². The second kappa shape index (κ2) is 10.1. The van der Waals surface area contributed by atoms with Gasteiger partial charge in [0, 0.05) is 32.2 Å². The van der Waals surface area contributed by atoms with Gasteiger partial charge in [-0.05, 0) is 27.2 Å². The molecule has 15 heavy (non-hydrogen) atoms. The van der Waals surface area contributed by atoms with Crippen LogP contribution in [0.4, 0.5) is 0 Å². The summed E-state index contributed by atoms with van der Waals surface area (Å²) >= 11 is 0. The van der Waals surface area contributed by atoms with E-state index in [9.17, 15) is 0 Å². The molecule has 0 aromatic heterocycles. The van der Waals surface area contributed by atoms with Crippen LogP contribution in [-0.4, -0.2) is 32.1 Å². The second-order valence-corrected chi connectivity index (χ2v) is 3.51. The molecule has 90 valence electrons. The smallest absolute Gasteiger partial charge is 0.158 e. The van der Waals surface area contributed by atoms with E-state index in [1.54, 1.807) is 0 Å². The van der Waals surface area contributed by atoms with Gasteiger partial charge >= 0.3 is 0 Å². The first-order valence-corrected chi connectivity index (χ1v) is 5.82. The van der Waals surface area contributed by atoms with Crippen LogP contribution >= 0.6 is 0 Å². The SMILES string of the molecule is C=CCC(C)NCCC(OCC)OCC. The Balaban J connectivity index is 3.55. The zero-order valence-corrected chi connectivity index (χ0v) is 10.3. The third-order valence-electron chi connectivity index (χ3n) is 2.10. The maximum atomic E-state index is 5.44. The minimum absolute atomic E-state index is 0.0663. The fraction of sp³-hybridized carbons (Fsp3) is 0.833. The molecule has 0 aliphatic rings. The molecule has 1 atom stereocenters. The summed E-state index contributed by atoms with van der Waals surface area (Å²) in [7, 11) is 0. The van der Waals surface area contributed by atoms with Crippen molar-refractivity contribution in [3.05, 3.63) is 12.7 Å². The Labute approximate surface area is 93.8 Å². The predicted molar refractivity (Wildman–Crippen MR) is 63.9 cm³/mol. The van der Waals surface area contributed by atoms with E-state index >= 15 is 0 Å². The number of hydrogen-bond donors (Lipinski definition) is 1. The molecule has 0 saturated heterocycles. The minimum Gasteiger partial charge on any atom is -0.353 e. The first kappa shape index (κ1) is 14.6. The predicted octanol–water partition coefficient (Wildman–Crippen LogP) is 2.33. The van der Waals surface area contributed by atoms with Crippen LogP contribution < -0.4 is 5.32 Å². The molecular formula is C12H25NO2. The summed E-state index contributed by atoms with van der Waals surface area (Å²) in [4.78, 5) is 0. The van der Waals surface area contributed by atoms with Crippen molar-refractivity contribution in [3.63, 3.8) is 0 Å². The second-order valence-electron chi connectivity index (χ2n) is 3.51. The van der Waals surface area contributed by atoms with Gasteiger partial charge in [0.1, 0.15) is 0 Å². The van der Waals surface area contributed by atoms with Gasteiger partial charge in [-0.3, -0.25) is 0 Å². The number of hydrogen-bond acceptors (Lipinski definition) is 3. The van der Waals surface area contributed by atoms with Gasteiger partial charge < -0.3 is 14.8 Å². The van der Waals surface area contributed by atoms with Crippen molar-refractivity contribution in [1.82, 2.24) is 5.32 Å². The molecule has 1 N–H and O–H groups in total. The van der Waals surface area contributed by atoms with Crippen LogP contribution in [0.25, 0.3) is 0 Å². The maximum Gasteiger partial charge on any atom is 0.158 e. The molecule has 0 rings (SSSR count). The lowest BCUT2D eigenvalue weighted by Crippen LogP contribution is -2.30. The Hall–Kier alpha value is -0.380. The van der Waals surface area contributed by atoms with E-state index in [4.69, 9.17) is 9.47 Å². The van der Waals surface area contributed by atoms with Crippen LogP contribution in [0.2, 0.25) is 0 Å². The van der Waals surface area contributed by atoms with E-state index in [-0.39, 0.29) is 6.29 Å². The van der Waals surface area contributed by atoms with Crippen LogP contribution in [0.1, 0.15) is 33.6 Å². The molecule has 0 heterocycles. The summed E-state index contributed by atoms with van der Waals surface area (Å²) in [6, 6.07) is 0.478. The molecule has 3 nitrogen and oxygen atoms in total. The van der Waals surface area contributed by atoms with Gasteiger partial charge in [0.25, 0.3) is 0 Å². The molecule has 0 aromatic rings. The maximum absolute atomic E-state index is 5.44. The Bertz CT molecular complexity index is 145. The van der Waals surface area contributed by atoms with E-state index in [0.717, 1.165) is 19.4 Å². The minimum atomic E-state index is -0.0663. The van der Waals surface area contributed by atoms with Crippen molar-refractivity contribution in [2.24, 2.45) is 0 Å². The molecular weight excluding hydrogens is 190 g/mol. The summed E-state index contributed by atoms with van der Waals surface area (Å²) in [5, 5.41) is 3.40. The van der Waals surface area contributed by atoms with Crippen LogP contribution in [0.15, 0.2) is 12.7 Å². The average Bonchev–Trinajstić information content (AvgIpc) is 2.19. The van der Waals surface area contributed by atoms with Gasteiger partial charge in [0.05, 0.1) is 0 Å². The highest BCUT2D eigenvalue weighted by atomic mass is 16.7. The fourth-order valence-electron chi connectivity index (χ4n) is 1.37. The van der Waals surface area contributed by atoms with Gasteiger partial charge in [-0.15, -0.1) is 6.58 Å². The zero-order chi connectivity index (χ0) is 11.5. The van der Waals surface area contributed by atoms with E-state index in [2.05, 4.69) is 18.8 Å². The molecule has 0 radical (unpaired) electrons. The van der Waals surface area contributed by atoms with E-state index in [1.807, 2.05) is 19.9 Å². The summed E-state index contributed by atoms with van der Waals surface area (Å²) in [6.07, 6.45) is 3.75. The number of nitrogens with one attached hydrogen (secondary N) is 1. The highest BCUT2D eigenvalue weighted by Gasteiger charge is 2.07. The standard InChI is InChI=1S/C12H25NO2/c1-5-8-11(4)13-10-9-12(14-6-2)15-7-3/h5,11-13H,1,6-10H2,2-4H3. The van der Waals surface area contributed by atoms with E-state index in [1.165, 1.54) is 0 Å². The zero-order valence-electron chi connectivity index (χ0n) is 10.3. The van der Waals surface area contributed by atoms with Crippen LogP contribution in [0.3, 0.4) is 0 Å². The largest absolute Gasteiger partial charge is 0.353 e. The van der Waals surface area contributed by atoms with Gasteiger partial charge in [-0.2, -0.15) is 0 Å². The normalized spacial score (nSPS) is 13.1. The highest BCUT2D eigenvalue weighted by molar-refractivity contribution is 4.74. The van der Waals surface area contributed by atoms with Crippen molar-refractivity contribution in [2.75, 3.05) is 19.8 Å². The van der Waals surface area contributed by atoms with Gasteiger partial charge in [0.2, 0.25) is 0 Å². The first-order valence-electron chi connectivity index (χ1n) is 5.82. The van der Waals surface area contributed by atoms with Crippen molar-refractivity contribution in [3.8, 4) is 0 Å². The third kappa shape index (κ3) is 8.60. The average molecular weight is 215 g/mol. The molecule has 0 aliphatic carbocycles. The Morgan fingerprint density at radius 1 is 1.27 bits per heavy atom. The first-order chi connectivity index (χ1) is 7.24. The Kier molecular flexibility index (Phi) is 9.89. The van der Waals surface area contributed by atoms with E-state index in [0.29, 0.717) is 19.3 Å². The summed E-state index contributed by atoms with van der Waals surface area (Å²) in [5.41, 5.74) is 0. The topological polar surface area (TPSA) is 30.5 Å². The van der Waals surface area contributed by atoms with Gasteiger partial charge in [-0.1, -0.05) is 6.08 Å². The lowest BCUT2D eigenvalue weighted by Gasteiger charge is -2.18. The molecule has 0 amide bonds. The molecule has 0 bridgehead atoms. The fourth-order valence-corrected chi connectivity index (χ4v) is 1.37. The summed E-state index contributed by atoms with van der Waals surface area (Å²) in [6.45, 7) is 12.2. The highest BCUT2D eigenvalue weighted by Crippen LogP contribution is 2.00. The molecule has 0 aromatic carbocycles. The van der Waals surface area contributed by atoms with Crippen LogP contribution in [0, 0.1) is 0 Å². The number of rotatable bonds is 10. The van der Waals surface area contributed by atoms with Crippen molar-refractivity contribution in [2.45, 2.75) is 45.9 Å². The number of ether oxygens (including phenoxy) is 2. The van der Waals surface area contributed by atoms with Crippen molar-refractivity contribution in [1.29, 1.82) is 0 Å². The molecule has 0 saturated carbocycles. The monoisotopic (exact) mass is 215 g/mol. The Morgan fingerprint density at radius 2 is 1.87 bits per heavy atom. The molecule has 0 aliphatic heterocycles. The lowest BCUT2D eigenvalue weighted by atomic mass is 10.2. The van der Waals surface area contributed by atoms with E-state index < -0.39 is 0 Å². The van der Waals surface area contributed by atoms with Crippen molar-refractivity contribution >= 4 is 0 Å². The quantitative estimate of drug-likeness (QED) is 0.448. The van der Waals surface area contributed by atoms with Gasteiger partial charge in [0.15, 0.2) is 6.29 Å². The van der Waals surface area contributed by atoms with Crippen LogP contribution in [-0.2, 0) is 9.47 Å². The summed E-state index contributed by atoms with van der Waals surface area (Å²) in [5.74, 6) is 0. The lowest BCUT2D eigenvalue weighted by molar-refractivity contribution is -0.138. The van der Waals surface area contributed by atoms with Crippen LogP contribution in [0.5, 0.6) is 0 Å². The molecule has 1 unspecified atom stereocenters.